The highest BCUT2D eigenvalue weighted by Gasteiger charge is 2.07. The number of hydrogen-bond donors (Lipinski definition) is 2. The minimum atomic E-state index is -0.0648. The molecule has 0 amide bonds. The Labute approximate surface area is 106 Å². The van der Waals surface area contributed by atoms with Crippen molar-refractivity contribution in [2.75, 3.05) is 20.3 Å². The number of aryl methyl sites for hydroxylation is 1. The van der Waals surface area contributed by atoms with Crippen LogP contribution in [-0.2, 0) is 11.3 Å². The molecule has 0 radical (unpaired) electrons. The van der Waals surface area contributed by atoms with Gasteiger partial charge in [-0.3, -0.25) is 0 Å². The minimum Gasteiger partial charge on any atom is -0.395 e. The van der Waals surface area contributed by atoms with E-state index in [0.29, 0.717) is 13.2 Å². The third-order valence-corrected chi connectivity index (χ3v) is 2.67. The average molecular weight is 250 g/mol. The van der Waals surface area contributed by atoms with Gasteiger partial charge in [0.25, 0.3) is 0 Å². The van der Waals surface area contributed by atoms with Gasteiger partial charge in [-0.15, -0.1) is 0 Å². The Hall–Kier alpha value is -1.50. The number of ether oxygens (including phenoxy) is 1. The molecule has 0 aliphatic carbocycles. The van der Waals surface area contributed by atoms with Gasteiger partial charge in [-0.2, -0.15) is 5.10 Å². The van der Waals surface area contributed by atoms with Crippen molar-refractivity contribution in [3.05, 3.63) is 29.7 Å². The van der Waals surface area contributed by atoms with Crippen molar-refractivity contribution in [3.8, 4) is 0 Å². The fourth-order valence-electron chi connectivity index (χ4n) is 1.76. The molecule has 0 aromatic carbocycles. The van der Waals surface area contributed by atoms with Crippen LogP contribution in [0.2, 0.25) is 0 Å². The summed E-state index contributed by atoms with van der Waals surface area (Å²) >= 11 is 0. The monoisotopic (exact) mass is 250 g/mol. The molecule has 98 valence electrons. The molecule has 6 heteroatoms. The SMILES string of the molecule is COCC(CO)NCc1cnc2cc(C)nn2c1. The van der Waals surface area contributed by atoms with Crippen molar-refractivity contribution in [2.24, 2.45) is 0 Å². The predicted octanol–water partition coefficient (Wildman–Crippen LogP) is 0.135. The topological polar surface area (TPSA) is 71.7 Å². The summed E-state index contributed by atoms with van der Waals surface area (Å²) in [4.78, 5) is 4.32. The molecule has 0 aliphatic rings. The van der Waals surface area contributed by atoms with E-state index in [9.17, 15) is 0 Å². The van der Waals surface area contributed by atoms with Gasteiger partial charge in [0.2, 0.25) is 0 Å². The van der Waals surface area contributed by atoms with Crippen LogP contribution in [0.5, 0.6) is 0 Å². The first-order chi connectivity index (χ1) is 8.72. The highest BCUT2D eigenvalue weighted by molar-refractivity contribution is 5.38. The fourth-order valence-corrected chi connectivity index (χ4v) is 1.76. The predicted molar refractivity (Wildman–Crippen MR) is 67.3 cm³/mol. The van der Waals surface area contributed by atoms with Gasteiger partial charge in [-0.1, -0.05) is 0 Å². The van der Waals surface area contributed by atoms with Gasteiger partial charge in [-0.25, -0.2) is 9.50 Å². The Kier molecular flexibility index (Phi) is 4.24. The van der Waals surface area contributed by atoms with E-state index < -0.39 is 0 Å². The van der Waals surface area contributed by atoms with E-state index in [0.717, 1.165) is 16.9 Å². The van der Waals surface area contributed by atoms with Gasteiger partial charge in [0, 0.05) is 37.7 Å². The van der Waals surface area contributed by atoms with Gasteiger partial charge in [0.15, 0.2) is 5.65 Å². The summed E-state index contributed by atoms with van der Waals surface area (Å²) in [5, 5.41) is 16.6. The number of nitrogens with zero attached hydrogens (tertiary/aromatic N) is 3. The maximum Gasteiger partial charge on any atom is 0.155 e. The van der Waals surface area contributed by atoms with Crippen LogP contribution in [0.1, 0.15) is 11.3 Å². The second kappa shape index (κ2) is 5.90. The van der Waals surface area contributed by atoms with Crippen LogP contribution in [0.25, 0.3) is 5.65 Å². The van der Waals surface area contributed by atoms with Crippen LogP contribution in [0, 0.1) is 6.92 Å². The van der Waals surface area contributed by atoms with Gasteiger partial charge >= 0.3 is 0 Å². The van der Waals surface area contributed by atoms with E-state index >= 15 is 0 Å². The molecule has 6 nitrogen and oxygen atoms in total. The molecule has 2 N–H and O–H groups in total. The van der Waals surface area contributed by atoms with E-state index in [1.165, 1.54) is 0 Å². The van der Waals surface area contributed by atoms with E-state index in [2.05, 4.69) is 15.4 Å². The Bertz CT molecular complexity index is 512. The van der Waals surface area contributed by atoms with E-state index in [4.69, 9.17) is 9.84 Å². The molecule has 1 atom stereocenters. The molecule has 1 unspecified atom stereocenters. The lowest BCUT2D eigenvalue weighted by atomic mass is 10.3. The molecule has 0 aliphatic heterocycles. The highest BCUT2D eigenvalue weighted by Crippen LogP contribution is 2.04. The van der Waals surface area contributed by atoms with Crippen molar-refractivity contribution < 1.29 is 9.84 Å². The number of nitrogens with one attached hydrogen (secondary N) is 1. The van der Waals surface area contributed by atoms with E-state index in [1.807, 2.05) is 25.4 Å². The number of hydrogen-bond acceptors (Lipinski definition) is 5. The molecule has 2 heterocycles. The smallest absolute Gasteiger partial charge is 0.155 e. The van der Waals surface area contributed by atoms with Crippen molar-refractivity contribution in [1.82, 2.24) is 19.9 Å². The van der Waals surface area contributed by atoms with E-state index in [-0.39, 0.29) is 12.6 Å². The summed E-state index contributed by atoms with van der Waals surface area (Å²) in [5.74, 6) is 0. The molecule has 0 fully saturated rings. The lowest BCUT2D eigenvalue weighted by Crippen LogP contribution is -2.36. The summed E-state index contributed by atoms with van der Waals surface area (Å²) in [5.41, 5.74) is 2.80. The minimum absolute atomic E-state index is 0.0460. The zero-order valence-electron chi connectivity index (χ0n) is 10.6. The summed E-state index contributed by atoms with van der Waals surface area (Å²) in [6.07, 6.45) is 3.74. The Balaban J connectivity index is 2.02. The Morgan fingerprint density at radius 3 is 3.11 bits per heavy atom. The summed E-state index contributed by atoms with van der Waals surface area (Å²) in [6, 6.07) is 1.86. The molecule has 2 rings (SSSR count). The van der Waals surface area contributed by atoms with Gasteiger partial charge in [0.05, 0.1) is 24.9 Å². The molecule has 2 aromatic rings. The number of methoxy groups -OCH3 is 1. The van der Waals surface area contributed by atoms with Crippen LogP contribution in [-0.4, -0.2) is 46.1 Å². The summed E-state index contributed by atoms with van der Waals surface area (Å²) < 4.78 is 6.76. The quantitative estimate of drug-likeness (QED) is 0.762. The molecule has 2 aromatic heterocycles. The van der Waals surface area contributed by atoms with Crippen LogP contribution in [0.15, 0.2) is 18.5 Å². The summed E-state index contributed by atoms with van der Waals surface area (Å²) in [7, 11) is 1.62. The normalized spacial score (nSPS) is 13.1. The van der Waals surface area contributed by atoms with Gasteiger partial charge < -0.3 is 15.2 Å². The van der Waals surface area contributed by atoms with Crippen LogP contribution < -0.4 is 5.32 Å². The molecule has 18 heavy (non-hydrogen) atoms. The van der Waals surface area contributed by atoms with Crippen molar-refractivity contribution >= 4 is 5.65 Å². The Morgan fingerprint density at radius 1 is 1.56 bits per heavy atom. The van der Waals surface area contributed by atoms with Crippen molar-refractivity contribution in [1.29, 1.82) is 0 Å². The number of aliphatic hydroxyl groups excluding tert-OH is 1. The zero-order valence-corrected chi connectivity index (χ0v) is 10.6. The number of fused-ring (bicyclic) bond motifs is 1. The third kappa shape index (κ3) is 3.04. The van der Waals surface area contributed by atoms with E-state index in [1.54, 1.807) is 11.6 Å². The third-order valence-electron chi connectivity index (χ3n) is 2.67. The second-order valence-electron chi connectivity index (χ2n) is 4.27. The van der Waals surface area contributed by atoms with Gasteiger partial charge in [0.1, 0.15) is 0 Å². The van der Waals surface area contributed by atoms with Crippen molar-refractivity contribution in [3.63, 3.8) is 0 Å². The number of aromatic nitrogens is 3. The first kappa shape index (κ1) is 12.9. The molecule has 0 saturated heterocycles. The number of aliphatic hydroxyl groups is 1. The largest absolute Gasteiger partial charge is 0.395 e. The van der Waals surface area contributed by atoms with Crippen LogP contribution in [0.4, 0.5) is 0 Å². The molecule has 0 saturated carbocycles. The zero-order chi connectivity index (χ0) is 13.0. The maximum atomic E-state index is 9.13. The van der Waals surface area contributed by atoms with Crippen LogP contribution in [0.3, 0.4) is 0 Å². The highest BCUT2D eigenvalue weighted by atomic mass is 16.5. The first-order valence-corrected chi connectivity index (χ1v) is 5.87. The average Bonchev–Trinajstić information content (AvgIpc) is 2.73. The standard InChI is InChI=1S/C12H18N4O2/c1-9-3-12-14-5-10(6-16(12)15-9)4-13-11(7-17)8-18-2/h3,5-6,11,13,17H,4,7-8H2,1-2H3. The first-order valence-electron chi connectivity index (χ1n) is 5.87. The molecule has 0 bridgehead atoms. The lowest BCUT2D eigenvalue weighted by molar-refractivity contribution is 0.128. The van der Waals surface area contributed by atoms with Crippen molar-refractivity contribution in [2.45, 2.75) is 19.5 Å². The number of rotatable bonds is 6. The molecule has 0 spiro atoms. The fraction of sp³-hybridized carbons (Fsp3) is 0.500. The Morgan fingerprint density at radius 2 is 2.39 bits per heavy atom. The van der Waals surface area contributed by atoms with Gasteiger partial charge in [-0.05, 0) is 6.92 Å². The van der Waals surface area contributed by atoms with Crippen LogP contribution >= 0.6 is 0 Å². The summed E-state index contributed by atoms with van der Waals surface area (Å²) in [6.45, 7) is 3.08. The molecular formula is C12H18N4O2. The lowest BCUT2D eigenvalue weighted by Gasteiger charge is -2.14. The maximum absolute atomic E-state index is 9.13. The second-order valence-corrected chi connectivity index (χ2v) is 4.27. The molecular weight excluding hydrogens is 232 g/mol.